The van der Waals surface area contributed by atoms with Crippen molar-refractivity contribution in [2.45, 2.75) is 41.5 Å². The minimum atomic E-state index is -0.674. The van der Waals surface area contributed by atoms with Gasteiger partial charge in [0.05, 0.1) is 0 Å². The van der Waals surface area contributed by atoms with Crippen molar-refractivity contribution in [2.75, 3.05) is 6.61 Å². The van der Waals surface area contributed by atoms with Crippen LogP contribution >= 0.6 is 0 Å². The second-order valence-electron chi connectivity index (χ2n) is 6.31. The van der Waals surface area contributed by atoms with E-state index in [0.29, 0.717) is 11.1 Å². The second kappa shape index (κ2) is 7.05. The molecule has 0 aliphatic carbocycles. The molecular formula is C20H22O5. The number of benzene rings is 1. The standard InChI is InChI=1S/C20H22O5/c1-10-7-11(2)14(5)19(13(10)4)16(21)9-24-20(23)18-12(3)8-17(22)25-15(18)6/h7-8H,9H2,1-6H3. The van der Waals surface area contributed by atoms with E-state index in [2.05, 4.69) is 0 Å². The Labute approximate surface area is 146 Å². The van der Waals surface area contributed by atoms with Gasteiger partial charge in [0.25, 0.3) is 0 Å². The highest BCUT2D eigenvalue weighted by Gasteiger charge is 2.21. The Hall–Kier alpha value is -2.69. The van der Waals surface area contributed by atoms with E-state index < -0.39 is 11.6 Å². The lowest BCUT2D eigenvalue weighted by Gasteiger charge is -2.14. The maximum atomic E-state index is 12.6. The fourth-order valence-electron chi connectivity index (χ4n) is 2.97. The predicted molar refractivity (Wildman–Crippen MR) is 94.5 cm³/mol. The van der Waals surface area contributed by atoms with Gasteiger partial charge in [-0.3, -0.25) is 4.79 Å². The van der Waals surface area contributed by atoms with Crippen LogP contribution in [0.1, 0.15) is 54.3 Å². The highest BCUT2D eigenvalue weighted by atomic mass is 16.5. The van der Waals surface area contributed by atoms with Crippen LogP contribution in [0.3, 0.4) is 0 Å². The fourth-order valence-corrected chi connectivity index (χ4v) is 2.97. The molecule has 0 amide bonds. The molecule has 0 saturated carbocycles. The van der Waals surface area contributed by atoms with E-state index >= 15 is 0 Å². The zero-order valence-electron chi connectivity index (χ0n) is 15.4. The number of ether oxygens (including phenoxy) is 1. The number of esters is 1. The molecule has 5 heteroatoms. The fraction of sp³-hybridized carbons (Fsp3) is 0.350. The van der Waals surface area contributed by atoms with E-state index in [1.165, 1.54) is 13.0 Å². The summed E-state index contributed by atoms with van der Waals surface area (Å²) >= 11 is 0. The summed E-state index contributed by atoms with van der Waals surface area (Å²) in [7, 11) is 0. The maximum absolute atomic E-state index is 12.6. The van der Waals surface area contributed by atoms with E-state index in [-0.39, 0.29) is 23.7 Å². The number of carbonyl (C=O) groups is 2. The van der Waals surface area contributed by atoms with Crippen LogP contribution in [0.2, 0.25) is 0 Å². The average molecular weight is 342 g/mol. The van der Waals surface area contributed by atoms with Gasteiger partial charge in [-0.15, -0.1) is 0 Å². The molecule has 0 unspecified atom stereocenters. The first-order valence-electron chi connectivity index (χ1n) is 8.02. The van der Waals surface area contributed by atoms with Gasteiger partial charge in [-0.1, -0.05) is 6.07 Å². The summed E-state index contributed by atoms with van der Waals surface area (Å²) in [6, 6.07) is 3.26. The summed E-state index contributed by atoms with van der Waals surface area (Å²) in [5, 5.41) is 0. The van der Waals surface area contributed by atoms with E-state index in [9.17, 15) is 14.4 Å². The molecule has 0 N–H and O–H groups in total. The first kappa shape index (κ1) is 18.6. The van der Waals surface area contributed by atoms with Gasteiger partial charge < -0.3 is 9.15 Å². The van der Waals surface area contributed by atoms with Crippen molar-refractivity contribution >= 4 is 11.8 Å². The van der Waals surface area contributed by atoms with Crippen LogP contribution in [0.15, 0.2) is 21.3 Å². The molecule has 1 aromatic carbocycles. The van der Waals surface area contributed by atoms with Crippen LogP contribution in [-0.2, 0) is 4.74 Å². The summed E-state index contributed by atoms with van der Waals surface area (Å²) in [5.74, 6) is -0.740. The third-order valence-corrected chi connectivity index (χ3v) is 4.52. The molecule has 2 aromatic rings. The Morgan fingerprint density at radius 2 is 1.44 bits per heavy atom. The molecule has 132 valence electrons. The lowest BCUT2D eigenvalue weighted by molar-refractivity contribution is 0.0469. The Morgan fingerprint density at radius 3 is 1.96 bits per heavy atom. The second-order valence-corrected chi connectivity index (χ2v) is 6.31. The van der Waals surface area contributed by atoms with Crippen molar-refractivity contribution in [3.05, 3.63) is 67.3 Å². The Balaban J connectivity index is 2.24. The van der Waals surface area contributed by atoms with E-state index in [0.717, 1.165) is 22.3 Å². The quantitative estimate of drug-likeness (QED) is 0.628. The number of rotatable bonds is 4. The summed E-state index contributed by atoms with van der Waals surface area (Å²) in [6.07, 6.45) is 0. The van der Waals surface area contributed by atoms with Crippen LogP contribution in [0, 0.1) is 41.5 Å². The molecule has 0 atom stereocenters. The van der Waals surface area contributed by atoms with Crippen molar-refractivity contribution < 1.29 is 18.7 Å². The van der Waals surface area contributed by atoms with Gasteiger partial charge in [0.2, 0.25) is 5.78 Å². The van der Waals surface area contributed by atoms with Crippen LogP contribution < -0.4 is 5.63 Å². The molecule has 1 heterocycles. The molecule has 0 aliphatic heterocycles. The third kappa shape index (κ3) is 3.71. The first-order valence-corrected chi connectivity index (χ1v) is 8.02. The van der Waals surface area contributed by atoms with Gasteiger partial charge in [-0.25, -0.2) is 9.59 Å². The predicted octanol–water partition coefficient (Wildman–Crippen LogP) is 3.53. The summed E-state index contributed by atoms with van der Waals surface area (Å²) < 4.78 is 10.1. The zero-order valence-corrected chi connectivity index (χ0v) is 15.4. The topological polar surface area (TPSA) is 73.6 Å². The Bertz CT molecular complexity index is 866. The molecule has 0 radical (unpaired) electrons. The Morgan fingerprint density at radius 1 is 0.880 bits per heavy atom. The number of aryl methyl sites for hydroxylation is 4. The molecule has 0 bridgehead atoms. The van der Waals surface area contributed by atoms with Crippen molar-refractivity contribution in [3.63, 3.8) is 0 Å². The number of carbonyl (C=O) groups excluding carboxylic acids is 2. The minimum Gasteiger partial charge on any atom is -0.454 e. The zero-order chi connectivity index (χ0) is 18.9. The van der Waals surface area contributed by atoms with Crippen molar-refractivity contribution in [3.8, 4) is 0 Å². The van der Waals surface area contributed by atoms with E-state index in [1.54, 1.807) is 6.92 Å². The molecule has 1 aromatic heterocycles. The molecule has 5 nitrogen and oxygen atoms in total. The van der Waals surface area contributed by atoms with Gasteiger partial charge in [-0.05, 0) is 69.4 Å². The van der Waals surface area contributed by atoms with Crippen LogP contribution in [0.5, 0.6) is 0 Å². The maximum Gasteiger partial charge on any atom is 0.342 e. The SMILES string of the molecule is Cc1cc(C)c(C)c(C(=O)COC(=O)c2c(C)cc(=O)oc2C)c1C. The lowest BCUT2D eigenvalue weighted by Crippen LogP contribution is -2.19. The van der Waals surface area contributed by atoms with Crippen LogP contribution in [0.4, 0.5) is 0 Å². The molecule has 0 saturated heterocycles. The van der Waals surface area contributed by atoms with Gasteiger partial charge in [0.1, 0.15) is 11.3 Å². The molecular weight excluding hydrogens is 320 g/mol. The van der Waals surface area contributed by atoms with E-state index in [4.69, 9.17) is 9.15 Å². The molecule has 25 heavy (non-hydrogen) atoms. The minimum absolute atomic E-state index is 0.182. The van der Waals surface area contributed by atoms with E-state index in [1.807, 2.05) is 33.8 Å². The third-order valence-electron chi connectivity index (χ3n) is 4.52. The smallest absolute Gasteiger partial charge is 0.342 e. The van der Waals surface area contributed by atoms with Crippen molar-refractivity contribution in [1.29, 1.82) is 0 Å². The Kier molecular flexibility index (Phi) is 5.26. The average Bonchev–Trinajstić information content (AvgIpc) is 2.50. The highest BCUT2D eigenvalue weighted by Crippen LogP contribution is 2.22. The normalized spacial score (nSPS) is 10.6. The summed E-state index contributed by atoms with van der Waals surface area (Å²) in [4.78, 5) is 36.2. The van der Waals surface area contributed by atoms with Gasteiger partial charge in [0.15, 0.2) is 6.61 Å². The number of ketones is 1. The monoisotopic (exact) mass is 342 g/mol. The summed E-state index contributed by atoms with van der Waals surface area (Å²) in [6.45, 7) is 10.5. The molecule has 0 fully saturated rings. The van der Waals surface area contributed by atoms with Gasteiger partial charge >= 0.3 is 11.6 Å². The first-order chi connectivity index (χ1) is 11.6. The number of hydrogen-bond acceptors (Lipinski definition) is 5. The highest BCUT2D eigenvalue weighted by molar-refractivity contribution is 6.02. The molecule has 0 spiro atoms. The van der Waals surface area contributed by atoms with Crippen LogP contribution in [-0.4, -0.2) is 18.4 Å². The van der Waals surface area contributed by atoms with Gasteiger partial charge in [-0.2, -0.15) is 0 Å². The summed E-state index contributed by atoms with van der Waals surface area (Å²) in [5.41, 5.74) is 4.54. The lowest BCUT2D eigenvalue weighted by atomic mass is 9.92. The van der Waals surface area contributed by atoms with Crippen molar-refractivity contribution in [1.82, 2.24) is 0 Å². The number of hydrogen-bond donors (Lipinski definition) is 0. The van der Waals surface area contributed by atoms with Gasteiger partial charge in [0, 0.05) is 11.6 Å². The van der Waals surface area contributed by atoms with Crippen molar-refractivity contribution in [2.24, 2.45) is 0 Å². The number of Topliss-reactive ketones (excluding diaryl/α,β-unsaturated/α-hetero) is 1. The molecule has 0 aliphatic rings. The molecule has 2 rings (SSSR count). The largest absolute Gasteiger partial charge is 0.454 e. The van der Waals surface area contributed by atoms with Crippen LogP contribution in [0.25, 0.3) is 0 Å².